The van der Waals surface area contributed by atoms with Gasteiger partial charge in [-0.1, -0.05) is 50.6 Å². The first-order valence-electron chi connectivity index (χ1n) is 8.28. The number of amides is 1. The van der Waals surface area contributed by atoms with Gasteiger partial charge in [-0.05, 0) is 35.7 Å². The molecule has 132 valence electrons. The van der Waals surface area contributed by atoms with Crippen LogP contribution in [0.3, 0.4) is 0 Å². The molecule has 0 aliphatic heterocycles. The average Bonchev–Trinajstić information content (AvgIpc) is 2.63. The number of halogens is 1. The van der Waals surface area contributed by atoms with Gasteiger partial charge in [0.25, 0.3) is 5.91 Å². The van der Waals surface area contributed by atoms with E-state index < -0.39 is 17.8 Å². The van der Waals surface area contributed by atoms with Crippen molar-refractivity contribution in [3.8, 4) is 0 Å². The minimum Gasteiger partial charge on any atom is -0.455 e. The van der Waals surface area contributed by atoms with E-state index in [9.17, 15) is 14.0 Å². The lowest BCUT2D eigenvalue weighted by atomic mass is 9.86. The van der Waals surface area contributed by atoms with Crippen LogP contribution in [0.15, 0.2) is 54.6 Å². The molecule has 0 aliphatic carbocycles. The molecular formula is C20H22FNO3. The van der Waals surface area contributed by atoms with Crippen LogP contribution in [0.1, 0.15) is 31.7 Å². The summed E-state index contributed by atoms with van der Waals surface area (Å²) >= 11 is 0. The Morgan fingerprint density at radius 1 is 1.08 bits per heavy atom. The van der Waals surface area contributed by atoms with Crippen LogP contribution in [0.4, 0.5) is 10.1 Å². The molecule has 0 aliphatic rings. The van der Waals surface area contributed by atoms with Crippen LogP contribution in [-0.2, 0) is 14.3 Å². The topological polar surface area (TPSA) is 55.4 Å². The Kier molecular flexibility index (Phi) is 6.69. The van der Waals surface area contributed by atoms with E-state index in [2.05, 4.69) is 5.32 Å². The highest BCUT2D eigenvalue weighted by molar-refractivity contribution is 5.93. The highest BCUT2D eigenvalue weighted by Crippen LogP contribution is 2.28. The smallest absolute Gasteiger partial charge is 0.314 e. The summed E-state index contributed by atoms with van der Waals surface area (Å²) in [7, 11) is 0. The highest BCUT2D eigenvalue weighted by Gasteiger charge is 2.27. The van der Waals surface area contributed by atoms with Gasteiger partial charge in [0, 0.05) is 5.69 Å². The van der Waals surface area contributed by atoms with Crippen molar-refractivity contribution in [3.05, 3.63) is 66.0 Å². The van der Waals surface area contributed by atoms with Crippen molar-refractivity contribution in [1.29, 1.82) is 0 Å². The standard InChI is InChI=1S/C20H22FNO3/c1-3-14(2)19(15-7-5-4-6-8-15)20(24)25-13-18(23)22-17-11-9-16(21)10-12-17/h4-12,14,19H,3,13H2,1-2H3,(H,22,23)/t14-,19+/m1/s1. The van der Waals surface area contributed by atoms with Gasteiger partial charge >= 0.3 is 5.97 Å². The van der Waals surface area contributed by atoms with E-state index in [4.69, 9.17) is 4.74 Å². The summed E-state index contributed by atoms with van der Waals surface area (Å²) in [5.74, 6) is -1.59. The van der Waals surface area contributed by atoms with E-state index in [1.54, 1.807) is 0 Å². The van der Waals surface area contributed by atoms with Gasteiger partial charge in [0.2, 0.25) is 0 Å². The second kappa shape index (κ2) is 8.97. The summed E-state index contributed by atoms with van der Waals surface area (Å²) in [6, 6.07) is 14.8. The summed E-state index contributed by atoms with van der Waals surface area (Å²) < 4.78 is 18.1. The largest absolute Gasteiger partial charge is 0.455 e. The lowest BCUT2D eigenvalue weighted by molar-refractivity contribution is -0.150. The number of rotatable bonds is 7. The molecule has 0 heterocycles. The first kappa shape index (κ1) is 18.6. The zero-order valence-corrected chi connectivity index (χ0v) is 14.4. The van der Waals surface area contributed by atoms with Crippen LogP contribution in [0.2, 0.25) is 0 Å². The van der Waals surface area contributed by atoms with E-state index in [0.717, 1.165) is 12.0 Å². The second-order valence-electron chi connectivity index (χ2n) is 5.94. The SMILES string of the molecule is CC[C@@H](C)[C@H](C(=O)OCC(=O)Nc1ccc(F)cc1)c1ccccc1. The number of hydrogen-bond acceptors (Lipinski definition) is 3. The van der Waals surface area contributed by atoms with Gasteiger partial charge in [0.15, 0.2) is 6.61 Å². The van der Waals surface area contributed by atoms with E-state index in [-0.39, 0.29) is 18.3 Å². The molecule has 0 radical (unpaired) electrons. The van der Waals surface area contributed by atoms with Crippen molar-refractivity contribution in [2.45, 2.75) is 26.2 Å². The fourth-order valence-corrected chi connectivity index (χ4v) is 2.55. The predicted octanol–water partition coefficient (Wildman–Crippen LogP) is 4.14. The second-order valence-corrected chi connectivity index (χ2v) is 5.94. The quantitative estimate of drug-likeness (QED) is 0.769. The summed E-state index contributed by atoms with van der Waals surface area (Å²) in [5, 5.41) is 2.56. The Labute approximate surface area is 147 Å². The number of esters is 1. The van der Waals surface area contributed by atoms with Gasteiger partial charge in [-0.25, -0.2) is 4.39 Å². The van der Waals surface area contributed by atoms with Crippen LogP contribution < -0.4 is 5.32 Å². The fourth-order valence-electron chi connectivity index (χ4n) is 2.55. The average molecular weight is 343 g/mol. The Bertz CT molecular complexity index is 701. The molecule has 0 spiro atoms. The Hall–Kier alpha value is -2.69. The summed E-state index contributed by atoms with van der Waals surface area (Å²) in [6.45, 7) is 3.61. The number of ether oxygens (including phenoxy) is 1. The number of benzene rings is 2. The van der Waals surface area contributed by atoms with Crippen LogP contribution in [0.25, 0.3) is 0 Å². The van der Waals surface area contributed by atoms with Crippen LogP contribution >= 0.6 is 0 Å². The number of carbonyl (C=O) groups is 2. The van der Waals surface area contributed by atoms with Crippen molar-refractivity contribution in [2.75, 3.05) is 11.9 Å². The molecule has 2 rings (SSSR count). The molecule has 1 amide bonds. The van der Waals surface area contributed by atoms with Gasteiger partial charge < -0.3 is 10.1 Å². The lowest BCUT2D eigenvalue weighted by Crippen LogP contribution is -2.26. The fraction of sp³-hybridized carbons (Fsp3) is 0.300. The first-order valence-corrected chi connectivity index (χ1v) is 8.28. The van der Waals surface area contributed by atoms with Crippen LogP contribution in [0, 0.1) is 11.7 Å². The van der Waals surface area contributed by atoms with E-state index in [1.165, 1.54) is 24.3 Å². The minimum absolute atomic E-state index is 0.0926. The van der Waals surface area contributed by atoms with Crippen molar-refractivity contribution in [3.63, 3.8) is 0 Å². The number of nitrogens with one attached hydrogen (secondary N) is 1. The lowest BCUT2D eigenvalue weighted by Gasteiger charge is -2.21. The molecule has 2 atom stereocenters. The maximum Gasteiger partial charge on any atom is 0.314 e. The molecule has 0 fully saturated rings. The molecule has 4 nitrogen and oxygen atoms in total. The highest BCUT2D eigenvalue weighted by atomic mass is 19.1. The van der Waals surface area contributed by atoms with Gasteiger partial charge in [-0.2, -0.15) is 0 Å². The molecule has 25 heavy (non-hydrogen) atoms. The summed E-state index contributed by atoms with van der Waals surface area (Å²) in [5.41, 5.74) is 1.32. The third kappa shape index (κ3) is 5.41. The molecule has 1 N–H and O–H groups in total. The predicted molar refractivity (Wildman–Crippen MR) is 94.6 cm³/mol. The molecule has 0 unspecified atom stereocenters. The third-order valence-corrected chi connectivity index (χ3v) is 4.10. The summed E-state index contributed by atoms with van der Waals surface area (Å²) in [6.07, 6.45) is 0.816. The van der Waals surface area contributed by atoms with Crippen molar-refractivity contribution in [1.82, 2.24) is 0 Å². The normalized spacial score (nSPS) is 12.9. The molecule has 0 aromatic heterocycles. The van der Waals surface area contributed by atoms with Crippen LogP contribution in [0.5, 0.6) is 0 Å². The molecule has 0 saturated carbocycles. The zero-order chi connectivity index (χ0) is 18.2. The Morgan fingerprint density at radius 2 is 1.72 bits per heavy atom. The maximum atomic E-state index is 12.9. The van der Waals surface area contributed by atoms with Crippen molar-refractivity contribution < 1.29 is 18.7 Å². The Balaban J connectivity index is 1.96. The first-order chi connectivity index (χ1) is 12.0. The van der Waals surface area contributed by atoms with E-state index >= 15 is 0 Å². The zero-order valence-electron chi connectivity index (χ0n) is 14.4. The van der Waals surface area contributed by atoms with Gasteiger partial charge in [0.05, 0.1) is 5.92 Å². The maximum absolute atomic E-state index is 12.9. The molecule has 2 aromatic carbocycles. The number of carbonyl (C=O) groups excluding carboxylic acids is 2. The molecule has 0 saturated heterocycles. The van der Waals surface area contributed by atoms with E-state index in [0.29, 0.717) is 5.69 Å². The minimum atomic E-state index is -0.462. The monoisotopic (exact) mass is 343 g/mol. The van der Waals surface area contributed by atoms with Crippen molar-refractivity contribution in [2.24, 2.45) is 5.92 Å². The number of anilines is 1. The van der Waals surface area contributed by atoms with Crippen LogP contribution in [-0.4, -0.2) is 18.5 Å². The number of hydrogen-bond donors (Lipinski definition) is 1. The summed E-state index contributed by atoms with van der Waals surface area (Å²) in [4.78, 5) is 24.4. The third-order valence-electron chi connectivity index (χ3n) is 4.10. The molecular weight excluding hydrogens is 321 g/mol. The van der Waals surface area contributed by atoms with Gasteiger partial charge in [-0.3, -0.25) is 9.59 Å². The van der Waals surface area contributed by atoms with Gasteiger partial charge in [0.1, 0.15) is 5.82 Å². The van der Waals surface area contributed by atoms with Gasteiger partial charge in [-0.15, -0.1) is 0 Å². The van der Waals surface area contributed by atoms with Crippen molar-refractivity contribution >= 4 is 17.6 Å². The molecule has 5 heteroatoms. The Morgan fingerprint density at radius 3 is 2.32 bits per heavy atom. The molecule has 2 aromatic rings. The molecule has 0 bridgehead atoms. The van der Waals surface area contributed by atoms with E-state index in [1.807, 2.05) is 44.2 Å².